The number of carbonyl (C=O) groups is 2. The van der Waals surface area contributed by atoms with Crippen LogP contribution in [0.5, 0.6) is 0 Å². The molecule has 2 aliphatic heterocycles. The van der Waals surface area contributed by atoms with Crippen molar-refractivity contribution in [2.45, 2.75) is 70.1 Å². The number of hydrogen-bond acceptors (Lipinski definition) is 8. The van der Waals surface area contributed by atoms with Gasteiger partial charge in [-0.15, -0.1) is 43.6 Å². The van der Waals surface area contributed by atoms with Crippen molar-refractivity contribution in [3.8, 4) is 0 Å². The Morgan fingerprint density at radius 2 is 1.35 bits per heavy atom. The first-order valence-corrected chi connectivity index (χ1v) is 15.8. The van der Waals surface area contributed by atoms with Crippen LogP contribution < -0.4 is 5.32 Å². The monoisotopic (exact) mass is 686 g/mol. The van der Waals surface area contributed by atoms with E-state index in [1.807, 2.05) is 42.0 Å². The standard InChI is InChI=1S/C16H22N4O2.C11H14N4.C2HF3O.CH2Cl2/c1-16(2,3)22-15(21)19-7-4-12(5-8-19)13-6-9-20-11-17-18-14(20)10-13;1-4-12-5-2-9(1)10-3-6-15-8-13-14-11(15)7-10;3-2(4,5)1-6;2-1-3/h6,9-12H,4-5,7-8H2,1-3H3;3,6-9,12H,1-2,4-5H2;1H;1H2. The minimum Gasteiger partial charge on any atom is -0.444 e. The number of aldehydes is 1. The molecule has 2 aliphatic rings. The summed E-state index contributed by atoms with van der Waals surface area (Å²) < 4.78 is 40.5. The van der Waals surface area contributed by atoms with E-state index >= 15 is 0 Å². The summed E-state index contributed by atoms with van der Waals surface area (Å²) >= 11 is 9.53. The SMILES string of the molecule is CC(C)(C)OC(=O)N1CCC(c2ccn3cnnc3c2)CC1.ClCCl.O=CC(F)(F)F.c1cn2cnnc2cc1C1CCNCC1. The van der Waals surface area contributed by atoms with Gasteiger partial charge in [0.25, 0.3) is 0 Å². The molecule has 0 saturated carbocycles. The van der Waals surface area contributed by atoms with Gasteiger partial charge in [0.2, 0.25) is 6.29 Å². The third kappa shape index (κ3) is 12.0. The molecular formula is C30H39Cl2F3N8O3. The van der Waals surface area contributed by atoms with Gasteiger partial charge in [-0.1, -0.05) is 0 Å². The predicted molar refractivity (Wildman–Crippen MR) is 169 cm³/mol. The van der Waals surface area contributed by atoms with Crippen LogP contribution in [0.25, 0.3) is 11.3 Å². The first kappa shape index (κ1) is 37.0. The Hall–Kier alpha value is -3.49. The molecule has 16 heteroatoms. The molecule has 2 saturated heterocycles. The van der Waals surface area contributed by atoms with E-state index < -0.39 is 18.1 Å². The summed E-state index contributed by atoms with van der Waals surface area (Å²) in [5.41, 5.74) is 4.05. The maximum Gasteiger partial charge on any atom is 0.446 e. The Bertz CT molecular complexity index is 1510. The van der Waals surface area contributed by atoms with Crippen LogP contribution in [-0.2, 0) is 9.53 Å². The molecule has 252 valence electrons. The fourth-order valence-corrected chi connectivity index (χ4v) is 5.05. The maximum absolute atomic E-state index is 12.1. The lowest BCUT2D eigenvalue weighted by Crippen LogP contribution is -2.41. The van der Waals surface area contributed by atoms with Crippen molar-refractivity contribution in [2.24, 2.45) is 0 Å². The number of ether oxygens (including phenoxy) is 1. The third-order valence-corrected chi connectivity index (χ3v) is 7.21. The zero-order chi connectivity index (χ0) is 33.7. The van der Waals surface area contributed by atoms with Gasteiger partial charge in [0.1, 0.15) is 18.3 Å². The normalized spacial score (nSPS) is 16.0. The Morgan fingerprint density at radius 1 is 0.913 bits per heavy atom. The molecule has 6 rings (SSSR count). The molecule has 0 aliphatic carbocycles. The smallest absolute Gasteiger partial charge is 0.444 e. The van der Waals surface area contributed by atoms with Gasteiger partial charge in [0, 0.05) is 25.5 Å². The van der Waals surface area contributed by atoms with Crippen LogP contribution >= 0.6 is 23.2 Å². The molecule has 4 aromatic heterocycles. The highest BCUT2D eigenvalue weighted by atomic mass is 35.5. The van der Waals surface area contributed by atoms with Crippen molar-refractivity contribution in [3.63, 3.8) is 0 Å². The summed E-state index contributed by atoms with van der Waals surface area (Å²) in [5.74, 6) is 1.15. The van der Waals surface area contributed by atoms with Gasteiger partial charge in [0.05, 0.1) is 5.34 Å². The number of halogens is 5. The highest BCUT2D eigenvalue weighted by Gasteiger charge is 2.28. The zero-order valence-corrected chi connectivity index (χ0v) is 27.5. The number of carbonyl (C=O) groups excluding carboxylic acids is 2. The molecule has 0 unspecified atom stereocenters. The van der Waals surface area contributed by atoms with E-state index in [0.717, 1.165) is 50.3 Å². The molecule has 0 spiro atoms. The molecule has 46 heavy (non-hydrogen) atoms. The first-order valence-electron chi connectivity index (χ1n) is 14.8. The van der Waals surface area contributed by atoms with Crippen molar-refractivity contribution in [3.05, 3.63) is 60.4 Å². The quantitative estimate of drug-likeness (QED) is 0.195. The second kappa shape index (κ2) is 17.4. The Kier molecular flexibility index (Phi) is 14.0. The number of rotatable bonds is 2. The summed E-state index contributed by atoms with van der Waals surface area (Å²) in [5, 5.41) is 19.5. The molecule has 0 aromatic carbocycles. The van der Waals surface area contributed by atoms with Gasteiger partial charge in [-0.2, -0.15) is 13.2 Å². The fourth-order valence-electron chi connectivity index (χ4n) is 5.05. The van der Waals surface area contributed by atoms with Crippen LogP contribution in [0.1, 0.15) is 69.4 Å². The minimum absolute atomic E-state index is 0.194. The fraction of sp³-hybridized carbons (Fsp3) is 0.533. The predicted octanol–water partition coefficient (Wildman–Crippen LogP) is 6.21. The second-order valence-electron chi connectivity index (χ2n) is 11.6. The molecule has 2 fully saturated rings. The van der Waals surface area contributed by atoms with E-state index in [1.165, 1.54) is 24.0 Å². The number of pyridine rings is 2. The highest BCUT2D eigenvalue weighted by Crippen LogP contribution is 2.29. The molecule has 6 heterocycles. The van der Waals surface area contributed by atoms with E-state index in [0.29, 0.717) is 11.8 Å². The molecule has 0 bridgehead atoms. The number of fused-ring (bicyclic) bond motifs is 2. The van der Waals surface area contributed by atoms with Gasteiger partial charge in [0.15, 0.2) is 11.3 Å². The lowest BCUT2D eigenvalue weighted by Gasteiger charge is -2.33. The molecule has 1 amide bonds. The zero-order valence-electron chi connectivity index (χ0n) is 26.0. The molecule has 4 aromatic rings. The molecule has 0 atom stereocenters. The number of likely N-dealkylation sites (tertiary alicyclic amines) is 1. The Balaban J connectivity index is 0.000000206. The number of amides is 1. The summed E-state index contributed by atoms with van der Waals surface area (Å²) in [6, 6.07) is 8.54. The Morgan fingerprint density at radius 3 is 1.76 bits per heavy atom. The van der Waals surface area contributed by atoms with Crippen LogP contribution in [0.3, 0.4) is 0 Å². The topological polar surface area (TPSA) is 119 Å². The molecular weight excluding hydrogens is 648 g/mol. The van der Waals surface area contributed by atoms with Crippen LogP contribution in [0.2, 0.25) is 0 Å². The molecule has 11 nitrogen and oxygen atoms in total. The van der Waals surface area contributed by atoms with E-state index in [9.17, 15) is 18.0 Å². The molecule has 1 N–H and O–H groups in total. The van der Waals surface area contributed by atoms with Gasteiger partial charge >= 0.3 is 12.3 Å². The largest absolute Gasteiger partial charge is 0.446 e. The van der Waals surface area contributed by atoms with Gasteiger partial charge < -0.3 is 15.0 Å². The highest BCUT2D eigenvalue weighted by molar-refractivity contribution is 6.40. The van der Waals surface area contributed by atoms with E-state index in [4.69, 9.17) is 32.7 Å². The summed E-state index contributed by atoms with van der Waals surface area (Å²) in [6.45, 7) is 9.41. The van der Waals surface area contributed by atoms with Crippen molar-refractivity contribution in [2.75, 3.05) is 31.5 Å². The van der Waals surface area contributed by atoms with E-state index in [1.54, 1.807) is 17.6 Å². The van der Waals surface area contributed by atoms with Crippen molar-refractivity contribution < 1.29 is 27.5 Å². The summed E-state index contributed by atoms with van der Waals surface area (Å²) in [4.78, 5) is 22.6. The first-order chi connectivity index (χ1) is 21.8. The number of piperidine rings is 2. The average molecular weight is 688 g/mol. The number of nitrogens with one attached hydrogen (secondary N) is 1. The molecule has 0 radical (unpaired) electrons. The number of nitrogens with zero attached hydrogens (tertiary/aromatic N) is 7. The number of aromatic nitrogens is 6. The van der Waals surface area contributed by atoms with Crippen molar-refractivity contribution >= 4 is 46.9 Å². The summed E-state index contributed by atoms with van der Waals surface area (Å²) in [7, 11) is 0. The van der Waals surface area contributed by atoms with Crippen LogP contribution in [-0.4, -0.2) is 89.8 Å². The van der Waals surface area contributed by atoms with E-state index in [-0.39, 0.29) is 11.4 Å². The van der Waals surface area contributed by atoms with Crippen molar-refractivity contribution in [1.82, 2.24) is 39.4 Å². The lowest BCUT2D eigenvalue weighted by molar-refractivity contribution is -0.156. The third-order valence-electron chi connectivity index (χ3n) is 7.21. The average Bonchev–Trinajstić information content (AvgIpc) is 3.70. The van der Waals surface area contributed by atoms with Crippen LogP contribution in [0.15, 0.2) is 49.3 Å². The van der Waals surface area contributed by atoms with Gasteiger partial charge in [-0.3, -0.25) is 13.6 Å². The van der Waals surface area contributed by atoms with Gasteiger partial charge in [-0.05, 0) is 107 Å². The van der Waals surface area contributed by atoms with Crippen LogP contribution in [0, 0.1) is 0 Å². The van der Waals surface area contributed by atoms with Gasteiger partial charge in [-0.25, -0.2) is 4.79 Å². The number of hydrogen-bond donors (Lipinski definition) is 1. The minimum atomic E-state index is -4.64. The maximum atomic E-state index is 12.1. The lowest BCUT2D eigenvalue weighted by atomic mass is 9.90. The second-order valence-corrected chi connectivity index (χ2v) is 12.4. The summed E-state index contributed by atoms with van der Waals surface area (Å²) in [6.07, 6.45) is 5.91. The van der Waals surface area contributed by atoms with E-state index in [2.05, 4.69) is 50.0 Å². The Labute approximate surface area is 275 Å². The number of alkyl halides is 5. The van der Waals surface area contributed by atoms with Crippen LogP contribution in [0.4, 0.5) is 18.0 Å². The van der Waals surface area contributed by atoms with Crippen molar-refractivity contribution in [1.29, 1.82) is 0 Å².